The summed E-state index contributed by atoms with van der Waals surface area (Å²) in [6.07, 6.45) is 2.53. The molecule has 0 amide bonds. The number of ether oxygens (including phenoxy) is 1. The first kappa shape index (κ1) is 9.58. The van der Waals surface area contributed by atoms with Gasteiger partial charge in [0.2, 0.25) is 0 Å². The average molecular weight is 216 g/mol. The van der Waals surface area contributed by atoms with E-state index in [2.05, 4.69) is 0 Å². The number of carbonyl (C=O) groups is 2. The van der Waals surface area contributed by atoms with Crippen molar-refractivity contribution in [3.05, 3.63) is 35.4 Å². The molecule has 1 aliphatic carbocycles. The number of esters is 1. The summed E-state index contributed by atoms with van der Waals surface area (Å²) in [6, 6.07) is 7.38. The van der Waals surface area contributed by atoms with E-state index in [0.29, 0.717) is 18.4 Å². The molecule has 3 heteroatoms. The number of fused-ring (bicyclic) bond motifs is 2. The zero-order valence-electron chi connectivity index (χ0n) is 8.86. The van der Waals surface area contributed by atoms with Crippen LogP contribution in [-0.2, 0) is 15.1 Å². The molecule has 0 bridgehead atoms. The molecule has 1 saturated carbocycles. The van der Waals surface area contributed by atoms with Crippen molar-refractivity contribution in [2.75, 3.05) is 0 Å². The Morgan fingerprint density at radius 1 is 1.19 bits per heavy atom. The minimum absolute atomic E-state index is 0.191. The highest BCUT2D eigenvalue weighted by atomic mass is 16.6. The first-order valence-corrected chi connectivity index (χ1v) is 5.56. The summed E-state index contributed by atoms with van der Waals surface area (Å²) in [4.78, 5) is 23.3. The Morgan fingerprint density at radius 2 is 2.00 bits per heavy atom. The number of benzene rings is 1. The van der Waals surface area contributed by atoms with Gasteiger partial charge in [-0.05, 0) is 18.9 Å². The van der Waals surface area contributed by atoms with Gasteiger partial charge in [-0.15, -0.1) is 0 Å². The van der Waals surface area contributed by atoms with Gasteiger partial charge < -0.3 is 4.74 Å². The van der Waals surface area contributed by atoms with E-state index >= 15 is 0 Å². The highest BCUT2D eigenvalue weighted by Crippen LogP contribution is 2.45. The summed E-state index contributed by atoms with van der Waals surface area (Å²) < 4.78 is 5.47. The summed E-state index contributed by atoms with van der Waals surface area (Å²) in [6.45, 7) is 0. The van der Waals surface area contributed by atoms with Crippen molar-refractivity contribution in [1.29, 1.82) is 0 Å². The molecular formula is C13H12O3. The second-order valence-corrected chi connectivity index (χ2v) is 4.50. The highest BCUT2D eigenvalue weighted by molar-refractivity contribution is 5.96. The standard InChI is InChI=1S/C13H12O3/c14-9-4-3-7-13(8-9)11-6-2-1-5-10(11)12(15)16-13/h1-2,5-6H,3-4,7-8H2. The average Bonchev–Trinajstić information content (AvgIpc) is 2.53. The fourth-order valence-corrected chi connectivity index (χ4v) is 2.73. The lowest BCUT2D eigenvalue weighted by atomic mass is 9.79. The highest BCUT2D eigenvalue weighted by Gasteiger charge is 2.47. The topological polar surface area (TPSA) is 43.4 Å². The summed E-state index contributed by atoms with van der Waals surface area (Å²) in [5, 5.41) is 0. The van der Waals surface area contributed by atoms with E-state index in [9.17, 15) is 9.59 Å². The van der Waals surface area contributed by atoms with Gasteiger partial charge in [-0.3, -0.25) is 4.79 Å². The Morgan fingerprint density at radius 3 is 2.81 bits per heavy atom. The molecule has 82 valence electrons. The van der Waals surface area contributed by atoms with Gasteiger partial charge in [0.25, 0.3) is 0 Å². The van der Waals surface area contributed by atoms with Gasteiger partial charge in [-0.2, -0.15) is 0 Å². The van der Waals surface area contributed by atoms with Crippen LogP contribution in [0.25, 0.3) is 0 Å². The summed E-state index contributed by atoms with van der Waals surface area (Å²) in [5.41, 5.74) is 0.869. The fourth-order valence-electron chi connectivity index (χ4n) is 2.73. The second-order valence-electron chi connectivity index (χ2n) is 4.50. The lowest BCUT2D eigenvalue weighted by molar-refractivity contribution is -0.128. The Hall–Kier alpha value is -1.64. The number of Topliss-reactive ketones (excluding diaryl/α,β-unsaturated/α-hetero) is 1. The molecule has 1 spiro atoms. The number of hydrogen-bond acceptors (Lipinski definition) is 3. The molecule has 1 fully saturated rings. The van der Waals surface area contributed by atoms with Crippen LogP contribution in [0.3, 0.4) is 0 Å². The van der Waals surface area contributed by atoms with Gasteiger partial charge in [0.05, 0.1) is 12.0 Å². The van der Waals surface area contributed by atoms with Crippen LogP contribution in [0.5, 0.6) is 0 Å². The number of ketones is 1. The zero-order valence-corrected chi connectivity index (χ0v) is 8.86. The van der Waals surface area contributed by atoms with Crippen LogP contribution in [0.15, 0.2) is 24.3 Å². The molecule has 0 N–H and O–H groups in total. The molecule has 1 atom stereocenters. The molecule has 2 aliphatic rings. The van der Waals surface area contributed by atoms with Gasteiger partial charge >= 0.3 is 5.97 Å². The van der Waals surface area contributed by atoms with Crippen molar-refractivity contribution in [2.24, 2.45) is 0 Å². The van der Waals surface area contributed by atoms with E-state index in [-0.39, 0.29) is 11.8 Å². The molecule has 3 rings (SSSR count). The lowest BCUT2D eigenvalue weighted by Gasteiger charge is -2.31. The SMILES string of the molecule is O=C1CCCC2(C1)OC(=O)c1ccccc12. The quantitative estimate of drug-likeness (QED) is 0.624. The van der Waals surface area contributed by atoms with Gasteiger partial charge in [-0.25, -0.2) is 4.79 Å². The van der Waals surface area contributed by atoms with E-state index in [1.807, 2.05) is 18.2 Å². The van der Waals surface area contributed by atoms with Crippen LogP contribution in [0.1, 0.15) is 41.6 Å². The van der Waals surface area contributed by atoms with Gasteiger partial charge in [-0.1, -0.05) is 18.2 Å². The summed E-state index contributed by atoms with van der Waals surface area (Å²) in [7, 11) is 0. The molecule has 1 unspecified atom stereocenters. The molecule has 0 aromatic heterocycles. The smallest absolute Gasteiger partial charge is 0.339 e. The van der Waals surface area contributed by atoms with Crippen molar-refractivity contribution in [2.45, 2.75) is 31.3 Å². The normalized spacial score (nSPS) is 28.0. The third-order valence-electron chi connectivity index (χ3n) is 3.44. The van der Waals surface area contributed by atoms with Crippen molar-refractivity contribution in [3.8, 4) is 0 Å². The minimum Gasteiger partial charge on any atom is -0.450 e. The Bertz CT molecular complexity index is 474. The second kappa shape index (κ2) is 3.17. The maximum Gasteiger partial charge on any atom is 0.339 e. The maximum atomic E-state index is 11.7. The zero-order chi connectivity index (χ0) is 11.2. The third kappa shape index (κ3) is 1.21. The lowest BCUT2D eigenvalue weighted by Crippen LogP contribution is -2.33. The molecule has 1 aliphatic heterocycles. The van der Waals surface area contributed by atoms with Gasteiger partial charge in [0.15, 0.2) is 0 Å². The Balaban J connectivity index is 2.11. The summed E-state index contributed by atoms with van der Waals surface area (Å²) in [5.74, 6) is -0.0962. The Labute approximate surface area is 93.4 Å². The molecule has 3 nitrogen and oxygen atoms in total. The van der Waals surface area contributed by atoms with Crippen LogP contribution >= 0.6 is 0 Å². The first-order chi connectivity index (χ1) is 7.71. The van der Waals surface area contributed by atoms with E-state index in [4.69, 9.17) is 4.74 Å². The fraction of sp³-hybridized carbons (Fsp3) is 0.385. The molecule has 0 radical (unpaired) electrons. The van der Waals surface area contributed by atoms with Crippen molar-refractivity contribution in [3.63, 3.8) is 0 Å². The van der Waals surface area contributed by atoms with E-state index in [0.717, 1.165) is 18.4 Å². The number of rotatable bonds is 0. The van der Waals surface area contributed by atoms with Crippen LogP contribution in [0, 0.1) is 0 Å². The number of hydrogen-bond donors (Lipinski definition) is 0. The predicted octanol–water partition coefficient (Wildman–Crippen LogP) is 2.20. The first-order valence-electron chi connectivity index (χ1n) is 5.56. The van der Waals surface area contributed by atoms with Crippen LogP contribution in [-0.4, -0.2) is 11.8 Å². The van der Waals surface area contributed by atoms with Crippen molar-refractivity contribution in [1.82, 2.24) is 0 Å². The minimum atomic E-state index is -0.650. The van der Waals surface area contributed by atoms with Gasteiger partial charge in [0, 0.05) is 12.0 Å². The van der Waals surface area contributed by atoms with Crippen LogP contribution < -0.4 is 0 Å². The largest absolute Gasteiger partial charge is 0.450 e. The molecule has 0 saturated heterocycles. The maximum absolute atomic E-state index is 11.7. The molecule has 16 heavy (non-hydrogen) atoms. The molecule has 1 heterocycles. The third-order valence-corrected chi connectivity index (χ3v) is 3.44. The monoisotopic (exact) mass is 216 g/mol. The summed E-state index contributed by atoms with van der Waals surface area (Å²) >= 11 is 0. The van der Waals surface area contributed by atoms with Crippen LogP contribution in [0.2, 0.25) is 0 Å². The van der Waals surface area contributed by atoms with Crippen molar-refractivity contribution >= 4 is 11.8 Å². The van der Waals surface area contributed by atoms with Gasteiger partial charge in [0.1, 0.15) is 11.4 Å². The number of carbonyl (C=O) groups excluding carboxylic acids is 2. The van der Waals surface area contributed by atoms with E-state index < -0.39 is 5.60 Å². The van der Waals surface area contributed by atoms with E-state index in [1.165, 1.54) is 0 Å². The van der Waals surface area contributed by atoms with Crippen molar-refractivity contribution < 1.29 is 14.3 Å². The molecule has 1 aromatic carbocycles. The molecular weight excluding hydrogens is 204 g/mol. The Kier molecular flexibility index (Phi) is 1.90. The predicted molar refractivity (Wildman–Crippen MR) is 57.0 cm³/mol. The van der Waals surface area contributed by atoms with E-state index in [1.54, 1.807) is 6.07 Å². The molecule has 1 aromatic rings. The van der Waals surface area contributed by atoms with Crippen LogP contribution in [0.4, 0.5) is 0 Å².